The van der Waals surface area contributed by atoms with E-state index in [-0.39, 0.29) is 30.7 Å². The van der Waals surface area contributed by atoms with Gasteiger partial charge in [-0.25, -0.2) is 4.98 Å². The van der Waals surface area contributed by atoms with E-state index < -0.39 is 5.54 Å². The SMILES string of the molecule is Cl.Cl.Cn1c(CCCNC(=O)C2(N)CCCCC2)nc2ccccc21. The summed E-state index contributed by atoms with van der Waals surface area (Å²) >= 11 is 0. The highest BCUT2D eigenvalue weighted by molar-refractivity contribution is 5.86. The molecule has 1 heterocycles. The van der Waals surface area contributed by atoms with Crippen molar-refractivity contribution in [2.75, 3.05) is 6.54 Å². The molecular weight excluding hydrogens is 359 g/mol. The molecule has 0 radical (unpaired) electrons. The van der Waals surface area contributed by atoms with Crippen LogP contribution in [-0.4, -0.2) is 27.5 Å². The standard InChI is InChI=1S/C18H26N4O.2ClH/c1-22-15-9-4-3-8-14(15)21-16(22)10-7-13-20-17(23)18(19)11-5-2-6-12-18;;/h3-4,8-9H,2,5-7,10-13,19H2,1H3,(H,20,23);2*1H. The van der Waals surface area contributed by atoms with E-state index in [1.807, 2.05) is 25.2 Å². The fourth-order valence-electron chi connectivity index (χ4n) is 3.45. The maximum Gasteiger partial charge on any atom is 0.240 e. The Bertz CT molecular complexity index is 695. The predicted molar refractivity (Wildman–Crippen MR) is 107 cm³/mol. The number of amides is 1. The number of para-hydroxylation sites is 2. The Labute approximate surface area is 161 Å². The molecule has 0 spiro atoms. The molecule has 140 valence electrons. The monoisotopic (exact) mass is 386 g/mol. The molecule has 3 N–H and O–H groups in total. The third-order valence-corrected chi connectivity index (χ3v) is 4.94. The van der Waals surface area contributed by atoms with Crippen molar-refractivity contribution in [1.29, 1.82) is 0 Å². The summed E-state index contributed by atoms with van der Waals surface area (Å²) in [4.78, 5) is 16.9. The van der Waals surface area contributed by atoms with E-state index in [1.165, 1.54) is 6.42 Å². The number of nitrogens with zero attached hydrogens (tertiary/aromatic N) is 2. The van der Waals surface area contributed by atoms with Crippen LogP contribution in [0.1, 0.15) is 44.3 Å². The lowest BCUT2D eigenvalue weighted by atomic mass is 9.82. The van der Waals surface area contributed by atoms with Gasteiger partial charge in [-0.05, 0) is 31.4 Å². The Morgan fingerprint density at radius 2 is 1.92 bits per heavy atom. The van der Waals surface area contributed by atoms with Gasteiger partial charge in [-0.15, -0.1) is 24.8 Å². The van der Waals surface area contributed by atoms with Crippen molar-refractivity contribution in [1.82, 2.24) is 14.9 Å². The molecule has 3 rings (SSSR count). The molecule has 1 aromatic carbocycles. The fourth-order valence-corrected chi connectivity index (χ4v) is 3.45. The van der Waals surface area contributed by atoms with Gasteiger partial charge in [0, 0.05) is 20.0 Å². The van der Waals surface area contributed by atoms with Crippen molar-refractivity contribution in [3.63, 3.8) is 0 Å². The van der Waals surface area contributed by atoms with Gasteiger partial charge in [0.1, 0.15) is 5.82 Å². The molecule has 0 atom stereocenters. The number of imidazole rings is 1. The molecule has 2 aromatic rings. The van der Waals surface area contributed by atoms with Crippen LogP contribution in [-0.2, 0) is 18.3 Å². The van der Waals surface area contributed by atoms with Gasteiger partial charge in [0.2, 0.25) is 5.91 Å². The average Bonchev–Trinajstić information content (AvgIpc) is 2.89. The van der Waals surface area contributed by atoms with Crippen LogP contribution in [0.25, 0.3) is 11.0 Å². The number of hydrogen-bond acceptors (Lipinski definition) is 3. The highest BCUT2D eigenvalue weighted by Crippen LogP contribution is 2.25. The second-order valence-electron chi connectivity index (χ2n) is 6.65. The summed E-state index contributed by atoms with van der Waals surface area (Å²) < 4.78 is 2.13. The number of fused-ring (bicyclic) bond motifs is 1. The van der Waals surface area contributed by atoms with Gasteiger partial charge >= 0.3 is 0 Å². The summed E-state index contributed by atoms with van der Waals surface area (Å²) in [5.74, 6) is 1.07. The molecule has 1 amide bonds. The number of nitrogens with two attached hydrogens (primary N) is 1. The molecule has 1 fully saturated rings. The summed E-state index contributed by atoms with van der Waals surface area (Å²) in [6, 6.07) is 8.14. The molecule has 0 aliphatic heterocycles. The van der Waals surface area contributed by atoms with Gasteiger partial charge in [0.15, 0.2) is 0 Å². The quantitative estimate of drug-likeness (QED) is 0.775. The molecule has 1 aromatic heterocycles. The molecule has 1 aliphatic carbocycles. The van der Waals surface area contributed by atoms with Crippen LogP contribution in [0.3, 0.4) is 0 Å². The summed E-state index contributed by atoms with van der Waals surface area (Å²) in [5.41, 5.74) is 7.77. The maximum absolute atomic E-state index is 12.3. The van der Waals surface area contributed by atoms with Gasteiger partial charge in [-0.3, -0.25) is 4.79 Å². The number of aromatic nitrogens is 2. The number of aryl methyl sites for hydroxylation is 2. The third kappa shape index (κ3) is 4.87. The molecule has 1 aliphatic rings. The van der Waals surface area contributed by atoms with E-state index in [0.717, 1.165) is 55.4 Å². The van der Waals surface area contributed by atoms with Crippen molar-refractivity contribution in [3.05, 3.63) is 30.1 Å². The number of nitrogens with one attached hydrogen (secondary N) is 1. The van der Waals surface area contributed by atoms with E-state index in [1.54, 1.807) is 0 Å². The molecule has 1 saturated carbocycles. The van der Waals surface area contributed by atoms with Crippen LogP contribution in [0.15, 0.2) is 24.3 Å². The molecule has 0 unspecified atom stereocenters. The zero-order valence-corrected chi connectivity index (χ0v) is 16.3. The van der Waals surface area contributed by atoms with Gasteiger partial charge in [-0.1, -0.05) is 31.4 Å². The van der Waals surface area contributed by atoms with Crippen LogP contribution >= 0.6 is 24.8 Å². The molecule has 25 heavy (non-hydrogen) atoms. The van der Waals surface area contributed by atoms with Crippen molar-refractivity contribution >= 4 is 41.8 Å². The third-order valence-electron chi connectivity index (χ3n) is 4.94. The first-order chi connectivity index (χ1) is 11.1. The van der Waals surface area contributed by atoms with E-state index in [2.05, 4.69) is 20.9 Å². The zero-order valence-electron chi connectivity index (χ0n) is 14.7. The zero-order chi connectivity index (χ0) is 16.3. The first-order valence-corrected chi connectivity index (χ1v) is 8.58. The van der Waals surface area contributed by atoms with E-state index in [0.29, 0.717) is 6.54 Å². The lowest BCUT2D eigenvalue weighted by molar-refractivity contribution is -0.127. The van der Waals surface area contributed by atoms with Gasteiger partial charge in [0.25, 0.3) is 0 Å². The van der Waals surface area contributed by atoms with Crippen molar-refractivity contribution in [3.8, 4) is 0 Å². The predicted octanol–water partition coefficient (Wildman–Crippen LogP) is 3.13. The van der Waals surface area contributed by atoms with E-state index in [4.69, 9.17) is 5.73 Å². The van der Waals surface area contributed by atoms with Crippen molar-refractivity contribution < 1.29 is 4.79 Å². The lowest BCUT2D eigenvalue weighted by Crippen LogP contribution is -2.55. The number of halogens is 2. The lowest BCUT2D eigenvalue weighted by Gasteiger charge is -2.31. The average molecular weight is 387 g/mol. The Balaban J connectivity index is 0.00000156. The van der Waals surface area contributed by atoms with Gasteiger partial charge in [-0.2, -0.15) is 0 Å². The minimum Gasteiger partial charge on any atom is -0.354 e. The van der Waals surface area contributed by atoms with Gasteiger partial charge < -0.3 is 15.6 Å². The minimum atomic E-state index is -0.643. The summed E-state index contributed by atoms with van der Waals surface area (Å²) in [5, 5.41) is 3.02. The number of benzene rings is 1. The minimum absolute atomic E-state index is 0. The first kappa shape index (κ1) is 21.7. The first-order valence-electron chi connectivity index (χ1n) is 8.58. The number of carbonyl (C=O) groups is 1. The summed E-state index contributed by atoms with van der Waals surface area (Å²) in [6.45, 7) is 0.654. The Kier molecular flexibility index (Phi) is 8.19. The molecule has 0 bridgehead atoms. The fraction of sp³-hybridized carbons (Fsp3) is 0.556. The topological polar surface area (TPSA) is 72.9 Å². The second-order valence-corrected chi connectivity index (χ2v) is 6.65. The Morgan fingerprint density at radius 1 is 1.24 bits per heavy atom. The van der Waals surface area contributed by atoms with E-state index in [9.17, 15) is 4.79 Å². The van der Waals surface area contributed by atoms with Crippen LogP contribution in [0.2, 0.25) is 0 Å². The van der Waals surface area contributed by atoms with Crippen LogP contribution in [0.4, 0.5) is 0 Å². The van der Waals surface area contributed by atoms with Crippen LogP contribution in [0, 0.1) is 0 Å². The van der Waals surface area contributed by atoms with Crippen molar-refractivity contribution in [2.45, 2.75) is 50.5 Å². The maximum atomic E-state index is 12.3. The smallest absolute Gasteiger partial charge is 0.240 e. The normalized spacial score (nSPS) is 15.9. The molecule has 5 nitrogen and oxygen atoms in total. The highest BCUT2D eigenvalue weighted by Gasteiger charge is 2.34. The summed E-state index contributed by atoms with van der Waals surface area (Å²) in [7, 11) is 2.04. The van der Waals surface area contributed by atoms with Gasteiger partial charge in [0.05, 0.1) is 16.6 Å². The van der Waals surface area contributed by atoms with Crippen LogP contribution in [0.5, 0.6) is 0 Å². The Hall–Kier alpha value is -1.30. The highest BCUT2D eigenvalue weighted by atomic mass is 35.5. The number of rotatable bonds is 5. The number of carbonyl (C=O) groups excluding carboxylic acids is 1. The Morgan fingerprint density at radius 3 is 2.60 bits per heavy atom. The summed E-state index contributed by atoms with van der Waals surface area (Å²) in [6.07, 6.45) is 6.65. The number of hydrogen-bond donors (Lipinski definition) is 2. The van der Waals surface area contributed by atoms with Crippen molar-refractivity contribution in [2.24, 2.45) is 12.8 Å². The second kappa shape index (κ2) is 9.41. The largest absolute Gasteiger partial charge is 0.354 e. The molecular formula is C18H28Cl2N4O. The van der Waals surface area contributed by atoms with Crippen LogP contribution < -0.4 is 11.1 Å². The van der Waals surface area contributed by atoms with E-state index >= 15 is 0 Å². The molecule has 7 heteroatoms. The molecule has 0 saturated heterocycles.